The summed E-state index contributed by atoms with van der Waals surface area (Å²) in [6, 6.07) is 10.2. The van der Waals surface area contributed by atoms with Crippen molar-refractivity contribution in [1.29, 1.82) is 5.26 Å². The SMILES string of the molecule is N#Cc1ccc(CSCc2ccco2)c(F)c1. The third kappa shape index (κ3) is 3.11. The molecule has 0 aliphatic carbocycles. The molecule has 1 aromatic carbocycles. The highest BCUT2D eigenvalue weighted by Crippen LogP contribution is 2.20. The number of benzene rings is 1. The molecule has 0 aliphatic heterocycles. The summed E-state index contributed by atoms with van der Waals surface area (Å²) in [7, 11) is 0. The maximum absolute atomic E-state index is 13.5. The molecule has 0 unspecified atom stereocenters. The second-order valence-corrected chi connectivity index (χ2v) is 4.48. The van der Waals surface area contributed by atoms with E-state index in [9.17, 15) is 4.39 Å². The molecule has 0 radical (unpaired) electrons. The zero-order chi connectivity index (χ0) is 12.1. The summed E-state index contributed by atoms with van der Waals surface area (Å²) in [4.78, 5) is 0. The molecule has 2 aromatic rings. The average molecular weight is 247 g/mol. The van der Waals surface area contributed by atoms with E-state index in [1.54, 1.807) is 30.2 Å². The van der Waals surface area contributed by atoms with E-state index in [2.05, 4.69) is 0 Å². The van der Waals surface area contributed by atoms with Gasteiger partial charge in [-0.1, -0.05) is 6.07 Å². The Labute approximate surface area is 103 Å². The summed E-state index contributed by atoms with van der Waals surface area (Å²) in [5.41, 5.74) is 0.961. The Morgan fingerprint density at radius 1 is 1.29 bits per heavy atom. The number of nitrogens with zero attached hydrogens (tertiary/aromatic N) is 1. The van der Waals surface area contributed by atoms with Crippen LogP contribution in [0.3, 0.4) is 0 Å². The van der Waals surface area contributed by atoms with Crippen molar-refractivity contribution in [3.63, 3.8) is 0 Å². The van der Waals surface area contributed by atoms with Crippen LogP contribution < -0.4 is 0 Å². The van der Waals surface area contributed by atoms with E-state index in [1.165, 1.54) is 6.07 Å². The van der Waals surface area contributed by atoms with Crippen LogP contribution in [0.2, 0.25) is 0 Å². The smallest absolute Gasteiger partial charge is 0.128 e. The number of hydrogen-bond acceptors (Lipinski definition) is 3. The highest BCUT2D eigenvalue weighted by molar-refractivity contribution is 7.97. The van der Waals surface area contributed by atoms with E-state index in [-0.39, 0.29) is 5.82 Å². The number of nitriles is 1. The Hall–Kier alpha value is -1.73. The lowest BCUT2D eigenvalue weighted by atomic mass is 10.1. The van der Waals surface area contributed by atoms with Gasteiger partial charge in [0.15, 0.2) is 0 Å². The Morgan fingerprint density at radius 3 is 2.82 bits per heavy atom. The second-order valence-electron chi connectivity index (χ2n) is 3.49. The van der Waals surface area contributed by atoms with Crippen molar-refractivity contribution < 1.29 is 8.81 Å². The predicted octanol–water partition coefficient (Wildman–Crippen LogP) is 3.72. The summed E-state index contributed by atoms with van der Waals surface area (Å²) in [5.74, 6) is 1.84. The largest absolute Gasteiger partial charge is 0.468 e. The van der Waals surface area contributed by atoms with Crippen molar-refractivity contribution in [3.05, 3.63) is 59.3 Å². The Kier molecular flexibility index (Phi) is 3.84. The molecule has 1 heterocycles. The molecule has 4 heteroatoms. The van der Waals surface area contributed by atoms with Crippen LogP contribution in [-0.4, -0.2) is 0 Å². The maximum atomic E-state index is 13.5. The summed E-state index contributed by atoms with van der Waals surface area (Å²) in [5, 5.41) is 8.62. The van der Waals surface area contributed by atoms with Gasteiger partial charge < -0.3 is 4.42 Å². The lowest BCUT2D eigenvalue weighted by molar-refractivity contribution is 0.530. The predicted molar refractivity (Wildman–Crippen MR) is 64.8 cm³/mol. The highest BCUT2D eigenvalue weighted by Gasteiger charge is 2.04. The normalized spacial score (nSPS) is 10.1. The summed E-state index contributed by atoms with van der Waals surface area (Å²) >= 11 is 1.58. The molecule has 0 amide bonds. The molecule has 0 aliphatic rings. The molecule has 0 saturated heterocycles. The summed E-state index contributed by atoms with van der Waals surface area (Å²) in [6.07, 6.45) is 1.62. The zero-order valence-electron chi connectivity index (χ0n) is 9.02. The Bertz CT molecular complexity index is 531. The number of thioether (sulfide) groups is 1. The Balaban J connectivity index is 1.93. The third-order valence-corrected chi connectivity index (χ3v) is 3.27. The molecular weight excluding hydrogens is 237 g/mol. The third-order valence-electron chi connectivity index (χ3n) is 2.26. The maximum Gasteiger partial charge on any atom is 0.128 e. The van der Waals surface area contributed by atoms with Crippen LogP contribution in [0.5, 0.6) is 0 Å². The van der Waals surface area contributed by atoms with Crippen LogP contribution in [0.4, 0.5) is 4.39 Å². The first-order valence-electron chi connectivity index (χ1n) is 5.08. The Morgan fingerprint density at radius 2 is 2.18 bits per heavy atom. The van der Waals surface area contributed by atoms with E-state index in [0.717, 1.165) is 5.76 Å². The van der Waals surface area contributed by atoms with Crippen molar-refractivity contribution in [2.75, 3.05) is 0 Å². The van der Waals surface area contributed by atoms with Gasteiger partial charge in [-0.2, -0.15) is 5.26 Å². The van der Waals surface area contributed by atoms with Crippen LogP contribution in [0.25, 0.3) is 0 Å². The van der Waals surface area contributed by atoms with E-state index in [4.69, 9.17) is 9.68 Å². The molecule has 86 valence electrons. The zero-order valence-corrected chi connectivity index (χ0v) is 9.84. The number of hydrogen-bond donors (Lipinski definition) is 0. The number of halogens is 1. The molecule has 0 atom stereocenters. The fourth-order valence-electron chi connectivity index (χ4n) is 1.39. The van der Waals surface area contributed by atoms with Gasteiger partial charge in [-0.15, -0.1) is 11.8 Å². The van der Waals surface area contributed by atoms with E-state index < -0.39 is 0 Å². The van der Waals surface area contributed by atoms with E-state index >= 15 is 0 Å². The van der Waals surface area contributed by atoms with E-state index in [1.807, 2.05) is 18.2 Å². The number of rotatable bonds is 4. The highest BCUT2D eigenvalue weighted by atomic mass is 32.2. The molecular formula is C13H10FNOS. The van der Waals surface area contributed by atoms with Gasteiger partial charge in [0.25, 0.3) is 0 Å². The van der Waals surface area contributed by atoms with Gasteiger partial charge in [0, 0.05) is 5.75 Å². The molecule has 0 spiro atoms. The molecule has 2 rings (SSSR count). The first-order chi connectivity index (χ1) is 8.29. The fraction of sp³-hybridized carbons (Fsp3) is 0.154. The van der Waals surface area contributed by atoms with Crippen molar-refractivity contribution in [2.45, 2.75) is 11.5 Å². The van der Waals surface area contributed by atoms with Crippen LogP contribution >= 0.6 is 11.8 Å². The van der Waals surface area contributed by atoms with Crippen LogP contribution in [0.15, 0.2) is 41.0 Å². The quantitative estimate of drug-likeness (QED) is 0.826. The van der Waals surface area contributed by atoms with Gasteiger partial charge in [-0.25, -0.2) is 4.39 Å². The van der Waals surface area contributed by atoms with Crippen molar-refractivity contribution in [3.8, 4) is 6.07 Å². The van der Waals surface area contributed by atoms with Crippen molar-refractivity contribution in [1.82, 2.24) is 0 Å². The lowest BCUT2D eigenvalue weighted by Crippen LogP contribution is -1.89. The standard InChI is InChI=1S/C13H10FNOS/c14-13-6-10(7-15)3-4-11(13)8-17-9-12-2-1-5-16-12/h1-6H,8-9H2. The molecule has 0 fully saturated rings. The minimum atomic E-state index is -0.323. The van der Waals surface area contributed by atoms with Gasteiger partial charge in [-0.3, -0.25) is 0 Å². The molecule has 0 saturated carbocycles. The molecule has 1 aromatic heterocycles. The van der Waals surface area contributed by atoms with Gasteiger partial charge in [0.05, 0.1) is 23.6 Å². The van der Waals surface area contributed by atoms with Gasteiger partial charge in [-0.05, 0) is 29.8 Å². The van der Waals surface area contributed by atoms with Crippen LogP contribution in [0.1, 0.15) is 16.9 Å². The van der Waals surface area contributed by atoms with Gasteiger partial charge in [0.1, 0.15) is 11.6 Å². The van der Waals surface area contributed by atoms with Crippen molar-refractivity contribution in [2.24, 2.45) is 0 Å². The molecule has 17 heavy (non-hydrogen) atoms. The number of furan rings is 1. The van der Waals surface area contributed by atoms with Crippen molar-refractivity contribution >= 4 is 11.8 Å². The first-order valence-corrected chi connectivity index (χ1v) is 6.23. The molecule has 2 nitrogen and oxygen atoms in total. The second kappa shape index (κ2) is 5.55. The summed E-state index contributed by atoms with van der Waals surface area (Å²) < 4.78 is 18.7. The molecule has 0 N–H and O–H groups in total. The minimum Gasteiger partial charge on any atom is -0.468 e. The summed E-state index contributed by atoms with van der Waals surface area (Å²) in [6.45, 7) is 0. The first kappa shape index (κ1) is 11.7. The van der Waals surface area contributed by atoms with Crippen LogP contribution in [0, 0.1) is 17.1 Å². The van der Waals surface area contributed by atoms with E-state index in [0.29, 0.717) is 22.6 Å². The minimum absolute atomic E-state index is 0.323. The van der Waals surface area contributed by atoms with Crippen LogP contribution in [-0.2, 0) is 11.5 Å². The fourth-order valence-corrected chi connectivity index (χ4v) is 2.31. The van der Waals surface area contributed by atoms with Gasteiger partial charge in [0.2, 0.25) is 0 Å². The molecule has 0 bridgehead atoms. The van der Waals surface area contributed by atoms with Gasteiger partial charge >= 0.3 is 0 Å². The monoisotopic (exact) mass is 247 g/mol. The average Bonchev–Trinajstić information content (AvgIpc) is 2.84. The lowest BCUT2D eigenvalue weighted by Gasteiger charge is -2.02. The topological polar surface area (TPSA) is 36.9 Å².